The van der Waals surface area contributed by atoms with Crippen molar-refractivity contribution < 1.29 is 4.79 Å². The normalized spacial score (nSPS) is 13.2. The smallest absolute Gasteiger partial charge is 0.405 e. The van der Waals surface area contributed by atoms with Gasteiger partial charge in [-0.3, -0.25) is 4.79 Å². The average Bonchev–Trinajstić information content (AvgIpc) is 2.85. The minimum Gasteiger partial charge on any atom is -0.405 e. The summed E-state index contributed by atoms with van der Waals surface area (Å²) in [6.45, 7) is 6.61. The number of anilines is 1. The summed E-state index contributed by atoms with van der Waals surface area (Å²) in [5, 5.41) is 9.45. The number of hydrogen-bond acceptors (Lipinski definition) is 2. The van der Waals surface area contributed by atoms with Crippen LogP contribution in [0.3, 0.4) is 0 Å². The fraction of sp³-hybridized carbons (Fsp3) is 0.107. The summed E-state index contributed by atoms with van der Waals surface area (Å²) in [5.41, 5.74) is 6.35. The average molecular weight is 446 g/mol. The highest BCUT2D eigenvalue weighted by Crippen LogP contribution is 2.22. The van der Waals surface area contributed by atoms with Crippen molar-refractivity contribution in [2.75, 3.05) is 5.23 Å². The first-order chi connectivity index (χ1) is 15.9. The fourth-order valence-electron chi connectivity index (χ4n) is 4.65. The highest BCUT2D eigenvalue weighted by atomic mass is 28.3. The molecular formula is C28H27BN2OSi. The number of amides is 1. The Balaban J connectivity index is 1.65. The maximum atomic E-state index is 12.9. The number of hydrogen-bond donors (Lipinski definition) is 2. The van der Waals surface area contributed by atoms with Crippen LogP contribution < -0.4 is 26.3 Å². The van der Waals surface area contributed by atoms with Crippen molar-refractivity contribution in [3.8, 4) is 11.1 Å². The first-order valence-electron chi connectivity index (χ1n) is 11.4. The molecule has 1 aliphatic heterocycles. The van der Waals surface area contributed by atoms with E-state index in [1.165, 1.54) is 27.1 Å². The van der Waals surface area contributed by atoms with E-state index in [0.717, 1.165) is 11.2 Å². The first-order valence-corrected chi connectivity index (χ1v) is 14.4. The summed E-state index contributed by atoms with van der Waals surface area (Å²) in [5.74, 6) is -0.0397. The molecule has 0 bridgehead atoms. The van der Waals surface area contributed by atoms with Crippen molar-refractivity contribution in [3.05, 3.63) is 108 Å². The molecule has 0 spiro atoms. The van der Waals surface area contributed by atoms with Gasteiger partial charge in [-0.15, -0.1) is 0 Å². The third kappa shape index (κ3) is 4.00. The lowest BCUT2D eigenvalue weighted by Gasteiger charge is -2.32. The molecule has 0 radical (unpaired) electrons. The van der Waals surface area contributed by atoms with Crippen molar-refractivity contribution in [1.82, 2.24) is 5.23 Å². The zero-order valence-corrected chi connectivity index (χ0v) is 20.2. The molecule has 0 saturated heterocycles. The Morgan fingerprint density at radius 2 is 1.39 bits per heavy atom. The minimum atomic E-state index is -2.06. The zero-order valence-electron chi connectivity index (χ0n) is 19.2. The van der Waals surface area contributed by atoms with Gasteiger partial charge in [0.2, 0.25) is 5.91 Å². The van der Waals surface area contributed by atoms with Gasteiger partial charge in [-0.1, -0.05) is 114 Å². The number of fused-ring (bicyclic) bond motifs is 1. The third-order valence-electron chi connectivity index (χ3n) is 6.66. The lowest BCUT2D eigenvalue weighted by Crippen LogP contribution is -2.67. The topological polar surface area (TPSA) is 41.1 Å². The van der Waals surface area contributed by atoms with E-state index in [1.54, 1.807) is 0 Å². The van der Waals surface area contributed by atoms with Crippen molar-refractivity contribution >= 4 is 42.5 Å². The van der Waals surface area contributed by atoms with Gasteiger partial charge in [-0.05, 0) is 35.6 Å². The van der Waals surface area contributed by atoms with E-state index in [2.05, 4.69) is 103 Å². The van der Waals surface area contributed by atoms with Crippen LogP contribution in [0.25, 0.3) is 11.1 Å². The van der Waals surface area contributed by atoms with Gasteiger partial charge in [0, 0.05) is 5.69 Å². The Morgan fingerprint density at radius 3 is 2.15 bits per heavy atom. The van der Waals surface area contributed by atoms with Crippen LogP contribution >= 0.6 is 0 Å². The number of para-hydroxylation sites is 1. The molecule has 0 saturated carbocycles. The second-order valence-corrected chi connectivity index (χ2v) is 13.6. The summed E-state index contributed by atoms with van der Waals surface area (Å²) in [4.78, 5) is 12.9. The van der Waals surface area contributed by atoms with Gasteiger partial charge in [0.15, 0.2) is 0 Å². The predicted molar refractivity (Wildman–Crippen MR) is 143 cm³/mol. The maximum absolute atomic E-state index is 12.9. The van der Waals surface area contributed by atoms with Crippen LogP contribution in [0.4, 0.5) is 5.69 Å². The van der Waals surface area contributed by atoms with Gasteiger partial charge in [-0.2, -0.15) is 0 Å². The van der Waals surface area contributed by atoms with Crippen LogP contribution in [0.15, 0.2) is 97.1 Å². The Kier molecular flexibility index (Phi) is 5.43. The quantitative estimate of drug-likeness (QED) is 0.465. The van der Waals surface area contributed by atoms with Gasteiger partial charge in [-0.25, -0.2) is 0 Å². The van der Waals surface area contributed by atoms with Gasteiger partial charge < -0.3 is 10.5 Å². The molecule has 4 aromatic carbocycles. The van der Waals surface area contributed by atoms with Crippen LogP contribution in [0, 0.1) is 6.92 Å². The van der Waals surface area contributed by atoms with E-state index >= 15 is 0 Å². The van der Waals surface area contributed by atoms with Crippen molar-refractivity contribution in [3.63, 3.8) is 0 Å². The van der Waals surface area contributed by atoms with E-state index in [0.29, 0.717) is 5.56 Å². The van der Waals surface area contributed by atoms with E-state index < -0.39 is 8.07 Å². The highest BCUT2D eigenvalue weighted by molar-refractivity contribution is 7.03. The fourth-order valence-corrected chi connectivity index (χ4v) is 7.45. The Labute approximate surface area is 197 Å². The molecule has 3 nitrogen and oxygen atoms in total. The SMILES string of the molecule is Cc1ccc(-c2ccc(B3NC(=O)c4ccccc4N3)c([Si](C)(C)c3ccccc3)c2)cc1. The lowest BCUT2D eigenvalue weighted by atomic mass is 9.65. The minimum absolute atomic E-state index is 0.0397. The lowest BCUT2D eigenvalue weighted by molar-refractivity contribution is 0.0979. The Hall–Kier alpha value is -3.57. The number of carbonyl (C=O) groups excluding carboxylic acids is 1. The number of carbonyl (C=O) groups is 1. The molecule has 2 N–H and O–H groups in total. The first kappa shape index (κ1) is 21.3. The Bertz CT molecular complexity index is 1320. The van der Waals surface area contributed by atoms with Gasteiger partial charge >= 0.3 is 6.98 Å². The molecule has 0 fully saturated rings. The Morgan fingerprint density at radius 1 is 0.727 bits per heavy atom. The van der Waals surface area contributed by atoms with E-state index in [4.69, 9.17) is 0 Å². The number of aryl methyl sites for hydroxylation is 1. The third-order valence-corrected chi connectivity index (χ3v) is 10.2. The second kappa shape index (κ2) is 8.41. The van der Waals surface area contributed by atoms with Crippen LogP contribution in [0.2, 0.25) is 13.1 Å². The second-order valence-electron chi connectivity index (χ2n) is 9.26. The van der Waals surface area contributed by atoms with Crippen LogP contribution in [-0.4, -0.2) is 21.0 Å². The van der Waals surface area contributed by atoms with Gasteiger partial charge in [0.1, 0.15) is 8.07 Å². The van der Waals surface area contributed by atoms with Gasteiger partial charge in [0.25, 0.3) is 0 Å². The summed E-state index contributed by atoms with van der Waals surface area (Å²) >= 11 is 0. The zero-order chi connectivity index (χ0) is 23.0. The predicted octanol–water partition coefficient (Wildman–Crippen LogP) is 4.04. The van der Waals surface area contributed by atoms with Crippen LogP contribution in [0.5, 0.6) is 0 Å². The van der Waals surface area contributed by atoms with Crippen molar-refractivity contribution in [2.24, 2.45) is 0 Å². The molecule has 1 aliphatic rings. The largest absolute Gasteiger partial charge is 0.408 e. The van der Waals surface area contributed by atoms with Crippen molar-refractivity contribution in [2.45, 2.75) is 20.0 Å². The molecule has 5 heteroatoms. The summed E-state index contributed by atoms with van der Waals surface area (Å²) < 4.78 is 0. The van der Waals surface area contributed by atoms with Crippen LogP contribution in [0.1, 0.15) is 15.9 Å². The molecule has 0 aliphatic carbocycles. The molecule has 0 atom stereocenters. The molecule has 4 aromatic rings. The number of benzene rings is 4. The van der Waals surface area contributed by atoms with E-state index in [-0.39, 0.29) is 12.9 Å². The molecule has 0 unspecified atom stereocenters. The molecule has 1 amide bonds. The van der Waals surface area contributed by atoms with Crippen molar-refractivity contribution in [1.29, 1.82) is 0 Å². The standard InChI is InChI=1S/C28H27BN2OSi/c1-20-13-15-21(16-14-20)22-17-18-25(27(19-22)33(2,3)23-9-5-4-6-10-23)29-30-26-12-8-7-11-24(26)28(32)31-29/h4-19,30H,1-3H3,(H,31,32). The summed E-state index contributed by atoms with van der Waals surface area (Å²) in [7, 11) is -2.06. The molecule has 5 rings (SSSR count). The monoisotopic (exact) mass is 446 g/mol. The summed E-state index contributed by atoms with van der Waals surface area (Å²) in [6, 6.07) is 33.8. The molecule has 33 heavy (non-hydrogen) atoms. The van der Waals surface area contributed by atoms with Crippen LogP contribution in [-0.2, 0) is 0 Å². The van der Waals surface area contributed by atoms with E-state index in [9.17, 15) is 4.79 Å². The number of nitrogens with one attached hydrogen (secondary N) is 2. The number of rotatable bonds is 4. The van der Waals surface area contributed by atoms with E-state index in [1.807, 2.05) is 24.3 Å². The maximum Gasteiger partial charge on any atom is 0.408 e. The highest BCUT2D eigenvalue weighted by Gasteiger charge is 2.36. The molecule has 0 aromatic heterocycles. The molecule has 162 valence electrons. The van der Waals surface area contributed by atoms with Gasteiger partial charge in [0.05, 0.1) is 5.56 Å². The molecule has 1 heterocycles. The summed E-state index contributed by atoms with van der Waals surface area (Å²) in [6.07, 6.45) is 0. The molecular weight excluding hydrogens is 419 g/mol.